The molecule has 3 rings (SSSR count). The molecule has 0 unspecified atom stereocenters. The third kappa shape index (κ3) is 3.61. The van der Waals surface area contributed by atoms with Gasteiger partial charge in [0.2, 0.25) is 0 Å². The van der Waals surface area contributed by atoms with E-state index in [1.165, 1.54) is 16.0 Å². The normalized spacial score (nSPS) is 16.1. The summed E-state index contributed by atoms with van der Waals surface area (Å²) in [4.78, 5) is 26.5. The number of carbonyl (C=O) groups excluding carboxylic acids is 2. The van der Waals surface area contributed by atoms with Crippen LogP contribution in [-0.4, -0.2) is 40.9 Å². The number of nitrogens with zero attached hydrogens (tertiary/aromatic N) is 2. The van der Waals surface area contributed by atoms with Gasteiger partial charge in [0.15, 0.2) is 0 Å². The van der Waals surface area contributed by atoms with Crippen molar-refractivity contribution in [1.29, 1.82) is 0 Å². The molecule has 1 aromatic carbocycles. The second-order valence-corrected chi connectivity index (χ2v) is 7.19. The molecule has 0 N–H and O–H groups in total. The van der Waals surface area contributed by atoms with E-state index in [4.69, 9.17) is 4.74 Å². The zero-order valence-electron chi connectivity index (χ0n) is 15.2. The van der Waals surface area contributed by atoms with E-state index < -0.39 is 0 Å². The van der Waals surface area contributed by atoms with Crippen molar-refractivity contribution in [3.63, 3.8) is 0 Å². The maximum absolute atomic E-state index is 12.6. The van der Waals surface area contributed by atoms with Crippen LogP contribution in [-0.2, 0) is 9.53 Å². The van der Waals surface area contributed by atoms with E-state index in [1.54, 1.807) is 13.2 Å². The maximum atomic E-state index is 12.6. The Kier molecular flexibility index (Phi) is 5.64. The van der Waals surface area contributed by atoms with Gasteiger partial charge in [-0.05, 0) is 67.4 Å². The van der Waals surface area contributed by atoms with Crippen LogP contribution in [0.4, 0.5) is 4.79 Å². The molecule has 1 aromatic heterocycles. The molecule has 26 heavy (non-hydrogen) atoms. The number of imide groups is 1. The van der Waals surface area contributed by atoms with Crippen molar-refractivity contribution in [3.05, 3.63) is 58.3 Å². The summed E-state index contributed by atoms with van der Waals surface area (Å²) in [5, 5.41) is -0.220. The fourth-order valence-electron chi connectivity index (χ4n) is 2.92. The molecule has 136 valence electrons. The van der Waals surface area contributed by atoms with Gasteiger partial charge in [0, 0.05) is 37.8 Å². The highest BCUT2D eigenvalue weighted by Gasteiger charge is 2.34. The number of amides is 2. The van der Waals surface area contributed by atoms with E-state index in [1.807, 2.05) is 29.0 Å². The van der Waals surface area contributed by atoms with Gasteiger partial charge in [-0.15, -0.1) is 0 Å². The minimum absolute atomic E-state index is 0.220. The molecule has 0 bridgehead atoms. The number of methoxy groups -OCH3 is 1. The van der Waals surface area contributed by atoms with Gasteiger partial charge in [0.1, 0.15) is 0 Å². The van der Waals surface area contributed by atoms with Gasteiger partial charge in [-0.25, -0.2) is 0 Å². The Morgan fingerprint density at radius 1 is 1.15 bits per heavy atom. The summed E-state index contributed by atoms with van der Waals surface area (Å²) in [7, 11) is 1.61. The molecule has 2 heterocycles. The van der Waals surface area contributed by atoms with Crippen molar-refractivity contribution in [2.24, 2.45) is 0 Å². The number of benzene rings is 1. The third-order valence-electron chi connectivity index (χ3n) is 4.50. The van der Waals surface area contributed by atoms with Gasteiger partial charge < -0.3 is 9.30 Å². The van der Waals surface area contributed by atoms with Gasteiger partial charge >= 0.3 is 0 Å². The lowest BCUT2D eigenvalue weighted by molar-refractivity contribution is -0.122. The molecule has 1 saturated heterocycles. The molecule has 0 aliphatic carbocycles. The first-order chi connectivity index (χ1) is 12.5. The third-order valence-corrected chi connectivity index (χ3v) is 5.41. The molecule has 0 spiro atoms. The first-order valence-corrected chi connectivity index (χ1v) is 9.33. The molecular weight excluding hydrogens is 348 g/mol. The first kappa shape index (κ1) is 18.5. The highest BCUT2D eigenvalue weighted by Crippen LogP contribution is 2.33. The summed E-state index contributed by atoms with van der Waals surface area (Å²) in [6.07, 6.45) is 4.40. The molecule has 1 aliphatic heterocycles. The monoisotopic (exact) mass is 370 g/mol. The van der Waals surface area contributed by atoms with E-state index in [0.717, 1.165) is 23.1 Å². The average Bonchev–Trinajstić information content (AvgIpc) is 3.17. The van der Waals surface area contributed by atoms with Crippen molar-refractivity contribution in [2.45, 2.75) is 20.3 Å². The Labute approximate surface area is 157 Å². The van der Waals surface area contributed by atoms with Crippen LogP contribution in [0.1, 0.15) is 23.2 Å². The molecule has 1 fully saturated rings. The number of hydrogen-bond donors (Lipinski definition) is 0. The van der Waals surface area contributed by atoms with Crippen LogP contribution in [0.15, 0.2) is 41.4 Å². The SMILES string of the molecule is COCCCN1C(=O)S/C(=C/c2cccn2-c2cccc(C)c2C)C1=O. The van der Waals surface area contributed by atoms with Crippen molar-refractivity contribution in [3.8, 4) is 5.69 Å². The lowest BCUT2D eigenvalue weighted by atomic mass is 10.1. The highest BCUT2D eigenvalue weighted by molar-refractivity contribution is 8.18. The number of thioether (sulfide) groups is 1. The lowest BCUT2D eigenvalue weighted by Crippen LogP contribution is -2.29. The first-order valence-electron chi connectivity index (χ1n) is 8.51. The Bertz CT molecular complexity index is 870. The number of aromatic nitrogens is 1. The maximum Gasteiger partial charge on any atom is 0.293 e. The molecule has 0 saturated carbocycles. The summed E-state index contributed by atoms with van der Waals surface area (Å²) >= 11 is 0.994. The van der Waals surface area contributed by atoms with Crippen LogP contribution in [0, 0.1) is 13.8 Å². The lowest BCUT2D eigenvalue weighted by Gasteiger charge is -2.13. The number of rotatable bonds is 6. The van der Waals surface area contributed by atoms with Crippen LogP contribution in [0.25, 0.3) is 11.8 Å². The second-order valence-electron chi connectivity index (χ2n) is 6.20. The quantitative estimate of drug-likeness (QED) is 0.566. The summed E-state index contributed by atoms with van der Waals surface area (Å²) in [6, 6.07) is 10.0. The molecule has 2 aromatic rings. The van der Waals surface area contributed by atoms with Gasteiger partial charge in [0.05, 0.1) is 4.91 Å². The Hall–Kier alpha value is -2.31. The molecule has 2 amide bonds. The van der Waals surface area contributed by atoms with Crippen molar-refractivity contribution in [1.82, 2.24) is 9.47 Å². The second kappa shape index (κ2) is 7.93. The van der Waals surface area contributed by atoms with Crippen LogP contribution in [0.3, 0.4) is 0 Å². The molecule has 0 radical (unpaired) electrons. The number of ether oxygens (including phenoxy) is 1. The van der Waals surface area contributed by atoms with E-state index in [9.17, 15) is 9.59 Å². The smallest absolute Gasteiger partial charge is 0.293 e. The molecule has 0 atom stereocenters. The average molecular weight is 370 g/mol. The minimum Gasteiger partial charge on any atom is -0.385 e. The van der Waals surface area contributed by atoms with Crippen molar-refractivity contribution in [2.75, 3.05) is 20.3 Å². The Balaban J connectivity index is 1.88. The fraction of sp³-hybridized carbons (Fsp3) is 0.300. The van der Waals surface area contributed by atoms with E-state index in [-0.39, 0.29) is 11.1 Å². The minimum atomic E-state index is -0.232. The Morgan fingerprint density at radius 2 is 1.96 bits per heavy atom. The number of hydrogen-bond acceptors (Lipinski definition) is 4. The predicted molar refractivity (Wildman–Crippen MR) is 104 cm³/mol. The summed E-state index contributed by atoms with van der Waals surface area (Å²) in [6.45, 7) is 5.07. The van der Waals surface area contributed by atoms with Crippen LogP contribution >= 0.6 is 11.8 Å². The van der Waals surface area contributed by atoms with Crippen molar-refractivity contribution >= 4 is 29.0 Å². The van der Waals surface area contributed by atoms with Crippen molar-refractivity contribution < 1.29 is 14.3 Å². The number of carbonyl (C=O) groups is 2. The largest absolute Gasteiger partial charge is 0.385 e. The zero-order valence-corrected chi connectivity index (χ0v) is 16.0. The van der Waals surface area contributed by atoms with Crippen LogP contribution in [0.2, 0.25) is 0 Å². The van der Waals surface area contributed by atoms with Crippen LogP contribution < -0.4 is 0 Å². The summed E-state index contributed by atoms with van der Waals surface area (Å²) in [5.41, 5.74) is 4.34. The Morgan fingerprint density at radius 3 is 2.73 bits per heavy atom. The van der Waals surface area contributed by atoms with E-state index in [0.29, 0.717) is 24.5 Å². The van der Waals surface area contributed by atoms with E-state index >= 15 is 0 Å². The highest BCUT2D eigenvalue weighted by atomic mass is 32.2. The van der Waals surface area contributed by atoms with Gasteiger partial charge in [-0.1, -0.05) is 12.1 Å². The standard InChI is InChI=1S/C20H22N2O3S/c1-14-7-4-9-17(15(14)2)21-10-5-8-16(21)13-18-19(23)22(20(24)26-18)11-6-12-25-3/h4-5,7-10,13H,6,11-12H2,1-3H3/b18-13+. The molecule has 6 heteroatoms. The fourth-order valence-corrected chi connectivity index (χ4v) is 3.77. The van der Waals surface area contributed by atoms with Gasteiger partial charge in [-0.2, -0.15) is 0 Å². The van der Waals surface area contributed by atoms with Gasteiger partial charge in [-0.3, -0.25) is 14.5 Å². The van der Waals surface area contributed by atoms with Gasteiger partial charge in [0.25, 0.3) is 11.1 Å². The van der Waals surface area contributed by atoms with E-state index in [2.05, 4.69) is 26.0 Å². The zero-order chi connectivity index (χ0) is 18.7. The summed E-state index contributed by atoms with van der Waals surface area (Å²) in [5.74, 6) is -0.232. The molecular formula is C20H22N2O3S. The molecule has 5 nitrogen and oxygen atoms in total. The summed E-state index contributed by atoms with van der Waals surface area (Å²) < 4.78 is 7.04. The predicted octanol–water partition coefficient (Wildman–Crippen LogP) is 4.17. The van der Waals surface area contributed by atoms with Crippen LogP contribution in [0.5, 0.6) is 0 Å². The number of aryl methyl sites for hydroxylation is 1. The molecule has 1 aliphatic rings. The topological polar surface area (TPSA) is 51.5 Å².